The Morgan fingerprint density at radius 3 is 3.00 bits per heavy atom. The first-order valence-corrected chi connectivity index (χ1v) is 6.83. The van der Waals surface area contributed by atoms with Crippen molar-refractivity contribution in [3.8, 4) is 0 Å². The van der Waals surface area contributed by atoms with Crippen LogP contribution in [0, 0.1) is 0 Å². The topological polar surface area (TPSA) is 59.5 Å². The molecule has 0 saturated heterocycles. The molecule has 1 aromatic carbocycles. The number of fused-ring (bicyclic) bond motifs is 1. The average molecular weight is 270 g/mol. The lowest BCUT2D eigenvalue weighted by atomic mass is 10.1. The van der Waals surface area contributed by atoms with Gasteiger partial charge in [0.1, 0.15) is 12.0 Å². The molecule has 0 saturated carbocycles. The third kappa shape index (κ3) is 2.12. The van der Waals surface area contributed by atoms with E-state index >= 15 is 0 Å². The SMILES string of the molecule is CN(C(=O)c1coc(CN)c1)C1CCc2ccccc21. The van der Waals surface area contributed by atoms with Crippen molar-refractivity contribution in [2.75, 3.05) is 7.05 Å². The number of hydrogen-bond acceptors (Lipinski definition) is 3. The van der Waals surface area contributed by atoms with Gasteiger partial charge in [-0.25, -0.2) is 0 Å². The Kier molecular flexibility index (Phi) is 3.32. The van der Waals surface area contributed by atoms with Crippen LogP contribution in [0.1, 0.15) is 39.7 Å². The number of benzene rings is 1. The van der Waals surface area contributed by atoms with E-state index in [4.69, 9.17) is 10.2 Å². The Hall–Kier alpha value is -2.07. The summed E-state index contributed by atoms with van der Waals surface area (Å²) in [5, 5.41) is 0. The summed E-state index contributed by atoms with van der Waals surface area (Å²) in [6, 6.07) is 10.2. The molecule has 1 aromatic heterocycles. The molecule has 0 spiro atoms. The second-order valence-corrected chi connectivity index (χ2v) is 5.18. The predicted molar refractivity (Wildman–Crippen MR) is 76.2 cm³/mol. The maximum atomic E-state index is 12.5. The maximum Gasteiger partial charge on any atom is 0.257 e. The van der Waals surface area contributed by atoms with Gasteiger partial charge in [0, 0.05) is 7.05 Å². The predicted octanol–water partition coefficient (Wildman–Crippen LogP) is 2.50. The zero-order valence-corrected chi connectivity index (χ0v) is 11.5. The van der Waals surface area contributed by atoms with E-state index < -0.39 is 0 Å². The van der Waals surface area contributed by atoms with Gasteiger partial charge in [0.05, 0.1) is 18.2 Å². The van der Waals surface area contributed by atoms with Gasteiger partial charge >= 0.3 is 0 Å². The van der Waals surface area contributed by atoms with Crippen LogP contribution in [0.4, 0.5) is 0 Å². The molecule has 20 heavy (non-hydrogen) atoms. The van der Waals surface area contributed by atoms with Crippen LogP contribution in [0.25, 0.3) is 0 Å². The van der Waals surface area contributed by atoms with E-state index in [-0.39, 0.29) is 11.9 Å². The van der Waals surface area contributed by atoms with Crippen LogP contribution in [0.15, 0.2) is 41.0 Å². The van der Waals surface area contributed by atoms with Gasteiger partial charge in [-0.1, -0.05) is 24.3 Å². The van der Waals surface area contributed by atoms with Gasteiger partial charge in [-0.05, 0) is 30.0 Å². The Balaban J connectivity index is 1.83. The zero-order valence-electron chi connectivity index (χ0n) is 11.5. The Morgan fingerprint density at radius 1 is 1.45 bits per heavy atom. The zero-order chi connectivity index (χ0) is 14.1. The molecular weight excluding hydrogens is 252 g/mol. The summed E-state index contributed by atoms with van der Waals surface area (Å²) in [5.41, 5.74) is 8.67. The standard InChI is InChI=1S/C16H18N2O2/c1-18(16(19)12-8-13(9-17)20-10-12)15-7-6-11-4-2-3-5-14(11)15/h2-5,8,10,15H,6-7,9,17H2,1H3. The van der Waals surface area contributed by atoms with E-state index in [0.29, 0.717) is 17.9 Å². The van der Waals surface area contributed by atoms with Gasteiger partial charge in [-0.2, -0.15) is 0 Å². The Labute approximate surface area is 118 Å². The highest BCUT2D eigenvalue weighted by atomic mass is 16.3. The second-order valence-electron chi connectivity index (χ2n) is 5.18. The van der Waals surface area contributed by atoms with Crippen LogP contribution in [0.2, 0.25) is 0 Å². The molecule has 0 bridgehead atoms. The third-order valence-electron chi connectivity index (χ3n) is 3.99. The molecule has 1 atom stereocenters. The fourth-order valence-electron chi connectivity index (χ4n) is 2.88. The largest absolute Gasteiger partial charge is 0.467 e. The van der Waals surface area contributed by atoms with Crippen LogP contribution >= 0.6 is 0 Å². The van der Waals surface area contributed by atoms with Gasteiger partial charge in [0.2, 0.25) is 0 Å². The van der Waals surface area contributed by atoms with E-state index in [1.807, 2.05) is 19.2 Å². The van der Waals surface area contributed by atoms with Crippen LogP contribution in [0.5, 0.6) is 0 Å². The minimum atomic E-state index is -0.0184. The van der Waals surface area contributed by atoms with Crippen molar-refractivity contribution >= 4 is 5.91 Å². The molecule has 104 valence electrons. The number of aryl methyl sites for hydroxylation is 1. The molecule has 2 aromatic rings. The third-order valence-corrected chi connectivity index (χ3v) is 3.99. The van der Waals surface area contributed by atoms with Crippen LogP contribution in [-0.2, 0) is 13.0 Å². The molecule has 0 fully saturated rings. The molecule has 4 nitrogen and oxygen atoms in total. The van der Waals surface area contributed by atoms with Crippen LogP contribution in [-0.4, -0.2) is 17.9 Å². The molecule has 1 aliphatic rings. The number of carbonyl (C=O) groups is 1. The van der Waals surface area contributed by atoms with E-state index in [1.54, 1.807) is 11.0 Å². The fraction of sp³-hybridized carbons (Fsp3) is 0.312. The summed E-state index contributed by atoms with van der Waals surface area (Å²) in [7, 11) is 1.85. The quantitative estimate of drug-likeness (QED) is 0.932. The highest BCUT2D eigenvalue weighted by Crippen LogP contribution is 2.35. The molecule has 2 N–H and O–H groups in total. The van der Waals surface area contributed by atoms with Crippen LogP contribution in [0.3, 0.4) is 0 Å². The normalized spacial score (nSPS) is 17.0. The summed E-state index contributed by atoms with van der Waals surface area (Å²) in [6.45, 7) is 0.309. The lowest BCUT2D eigenvalue weighted by Crippen LogP contribution is -2.29. The first-order valence-electron chi connectivity index (χ1n) is 6.83. The molecule has 1 aliphatic carbocycles. The van der Waals surface area contributed by atoms with Crippen molar-refractivity contribution in [3.05, 3.63) is 59.0 Å². The number of hydrogen-bond donors (Lipinski definition) is 1. The molecule has 1 amide bonds. The van der Waals surface area contributed by atoms with Crippen molar-refractivity contribution in [1.29, 1.82) is 0 Å². The molecule has 1 unspecified atom stereocenters. The van der Waals surface area contributed by atoms with Crippen molar-refractivity contribution in [3.63, 3.8) is 0 Å². The van der Waals surface area contributed by atoms with E-state index in [9.17, 15) is 4.79 Å². The van der Waals surface area contributed by atoms with E-state index in [0.717, 1.165) is 12.8 Å². The second kappa shape index (κ2) is 5.13. The number of carbonyl (C=O) groups excluding carboxylic acids is 1. The first kappa shape index (κ1) is 12.9. The van der Waals surface area contributed by atoms with Crippen molar-refractivity contribution in [1.82, 2.24) is 4.90 Å². The van der Waals surface area contributed by atoms with Gasteiger partial charge in [0.25, 0.3) is 5.91 Å². The number of nitrogens with zero attached hydrogens (tertiary/aromatic N) is 1. The maximum absolute atomic E-state index is 12.5. The summed E-state index contributed by atoms with van der Waals surface area (Å²) >= 11 is 0. The summed E-state index contributed by atoms with van der Waals surface area (Å²) in [5.74, 6) is 0.615. The molecule has 0 radical (unpaired) electrons. The monoisotopic (exact) mass is 270 g/mol. The van der Waals surface area contributed by atoms with Crippen molar-refractivity contribution < 1.29 is 9.21 Å². The Bertz CT molecular complexity index is 633. The minimum Gasteiger partial charge on any atom is -0.467 e. The molecule has 4 heteroatoms. The van der Waals surface area contributed by atoms with Crippen molar-refractivity contribution in [2.45, 2.75) is 25.4 Å². The Morgan fingerprint density at radius 2 is 2.25 bits per heavy atom. The lowest BCUT2D eigenvalue weighted by Gasteiger charge is -2.25. The van der Waals surface area contributed by atoms with E-state index in [2.05, 4.69) is 12.1 Å². The van der Waals surface area contributed by atoms with Crippen LogP contribution < -0.4 is 5.73 Å². The highest BCUT2D eigenvalue weighted by molar-refractivity contribution is 5.94. The number of nitrogens with two attached hydrogens (primary N) is 1. The minimum absolute atomic E-state index is 0.0184. The molecule has 3 rings (SSSR count). The summed E-state index contributed by atoms with van der Waals surface area (Å²) < 4.78 is 5.24. The van der Waals surface area contributed by atoms with Gasteiger partial charge in [-0.3, -0.25) is 4.79 Å². The highest BCUT2D eigenvalue weighted by Gasteiger charge is 2.29. The number of amides is 1. The van der Waals surface area contributed by atoms with Gasteiger partial charge in [-0.15, -0.1) is 0 Å². The molecular formula is C16H18N2O2. The van der Waals surface area contributed by atoms with E-state index in [1.165, 1.54) is 17.4 Å². The first-order chi connectivity index (χ1) is 9.70. The van der Waals surface area contributed by atoms with Gasteiger partial charge in [0.15, 0.2) is 0 Å². The molecule has 0 aliphatic heterocycles. The number of rotatable bonds is 3. The lowest BCUT2D eigenvalue weighted by molar-refractivity contribution is 0.0730. The summed E-state index contributed by atoms with van der Waals surface area (Å²) in [4.78, 5) is 14.3. The fourth-order valence-corrected chi connectivity index (χ4v) is 2.88. The smallest absolute Gasteiger partial charge is 0.257 e. The average Bonchev–Trinajstić information content (AvgIpc) is 3.12. The number of furan rings is 1. The van der Waals surface area contributed by atoms with Crippen molar-refractivity contribution in [2.24, 2.45) is 5.73 Å². The van der Waals surface area contributed by atoms with Gasteiger partial charge < -0.3 is 15.1 Å². The molecule has 1 heterocycles. The summed E-state index contributed by atoms with van der Waals surface area (Å²) in [6.07, 6.45) is 3.49.